The molecule has 1 atom stereocenters. The van der Waals surface area contributed by atoms with Gasteiger partial charge in [0.2, 0.25) is 0 Å². The predicted molar refractivity (Wildman–Crippen MR) is 43.0 cm³/mol. The maximum Gasteiger partial charge on any atom is 0.306 e. The molecule has 0 aromatic carbocycles. The zero-order chi connectivity index (χ0) is 8.27. The van der Waals surface area contributed by atoms with Crippen molar-refractivity contribution >= 4 is 5.97 Å². The first-order chi connectivity index (χ1) is 5.18. The highest BCUT2D eigenvalue weighted by Gasteiger charge is 2.20. The van der Waals surface area contributed by atoms with Crippen molar-refractivity contribution in [1.82, 2.24) is 0 Å². The Morgan fingerprint density at radius 3 is 2.82 bits per heavy atom. The number of esters is 1. The summed E-state index contributed by atoms with van der Waals surface area (Å²) in [4.78, 5) is 10.6. The number of hydrogen-bond acceptors (Lipinski definition) is 2. The molecule has 0 bridgehead atoms. The third-order valence-corrected chi connectivity index (χ3v) is 1.66. The van der Waals surface area contributed by atoms with E-state index < -0.39 is 0 Å². The van der Waals surface area contributed by atoms with E-state index in [0.717, 1.165) is 0 Å². The van der Waals surface area contributed by atoms with Crippen LogP contribution in [0.25, 0.3) is 0 Å². The zero-order valence-corrected chi connectivity index (χ0v) is 7.04. The van der Waals surface area contributed by atoms with Gasteiger partial charge in [-0.25, -0.2) is 0 Å². The van der Waals surface area contributed by atoms with Crippen LogP contribution in [0.15, 0.2) is 12.2 Å². The quantitative estimate of drug-likeness (QED) is 0.447. The highest BCUT2D eigenvalue weighted by atomic mass is 16.5. The second kappa shape index (κ2) is 3.56. The number of cyclic esters (lactones) is 1. The topological polar surface area (TPSA) is 26.3 Å². The lowest BCUT2D eigenvalue weighted by atomic mass is 10.1. The van der Waals surface area contributed by atoms with Crippen molar-refractivity contribution in [2.75, 3.05) is 6.61 Å². The van der Waals surface area contributed by atoms with Gasteiger partial charge >= 0.3 is 5.97 Å². The summed E-state index contributed by atoms with van der Waals surface area (Å²) in [5.41, 5.74) is 0. The van der Waals surface area contributed by atoms with E-state index in [1.165, 1.54) is 0 Å². The molecule has 0 aliphatic carbocycles. The van der Waals surface area contributed by atoms with Gasteiger partial charge in [0.1, 0.15) is 0 Å². The van der Waals surface area contributed by atoms with Gasteiger partial charge in [0.05, 0.1) is 13.0 Å². The first kappa shape index (κ1) is 8.31. The van der Waals surface area contributed by atoms with E-state index in [9.17, 15) is 4.79 Å². The van der Waals surface area contributed by atoms with Gasteiger partial charge in [-0.15, -0.1) is 0 Å². The summed E-state index contributed by atoms with van der Waals surface area (Å²) in [6, 6.07) is 0. The van der Waals surface area contributed by atoms with Crippen LogP contribution in [0.4, 0.5) is 0 Å². The minimum Gasteiger partial charge on any atom is -0.465 e. The van der Waals surface area contributed by atoms with Crippen molar-refractivity contribution in [3.63, 3.8) is 0 Å². The van der Waals surface area contributed by atoms with Crippen molar-refractivity contribution in [3.05, 3.63) is 12.2 Å². The number of carbonyl (C=O) groups excluding carboxylic acids is 1. The van der Waals surface area contributed by atoms with Crippen LogP contribution in [0.3, 0.4) is 0 Å². The lowest BCUT2D eigenvalue weighted by Gasteiger charge is -1.97. The molecule has 1 aliphatic heterocycles. The van der Waals surface area contributed by atoms with E-state index in [1.54, 1.807) is 0 Å². The number of allylic oxidation sites excluding steroid dienone is 1. The van der Waals surface area contributed by atoms with Gasteiger partial charge in [-0.1, -0.05) is 26.0 Å². The largest absolute Gasteiger partial charge is 0.465 e. The van der Waals surface area contributed by atoms with Gasteiger partial charge in [0, 0.05) is 5.92 Å². The summed E-state index contributed by atoms with van der Waals surface area (Å²) in [5, 5.41) is 0. The average molecular weight is 154 g/mol. The van der Waals surface area contributed by atoms with E-state index in [4.69, 9.17) is 4.74 Å². The summed E-state index contributed by atoms with van der Waals surface area (Å²) < 4.78 is 4.81. The van der Waals surface area contributed by atoms with Crippen molar-refractivity contribution in [1.29, 1.82) is 0 Å². The standard InChI is InChI=1S/C9H14O2/c1-7(2)3-4-8-5-9(10)11-6-8/h3-4,7-8H,5-6H2,1-2H3. The van der Waals surface area contributed by atoms with Gasteiger partial charge in [-0.3, -0.25) is 4.79 Å². The van der Waals surface area contributed by atoms with E-state index in [0.29, 0.717) is 24.9 Å². The second-order valence-corrected chi connectivity index (χ2v) is 3.28. The first-order valence-electron chi connectivity index (χ1n) is 4.02. The molecule has 0 N–H and O–H groups in total. The van der Waals surface area contributed by atoms with Gasteiger partial charge in [0.15, 0.2) is 0 Å². The smallest absolute Gasteiger partial charge is 0.306 e. The molecule has 1 heterocycles. The Balaban J connectivity index is 2.33. The SMILES string of the molecule is CC(C)C=CC1COC(=O)C1. The number of ether oxygens (including phenoxy) is 1. The highest BCUT2D eigenvalue weighted by molar-refractivity contribution is 5.71. The average Bonchev–Trinajstić information content (AvgIpc) is 2.31. The number of rotatable bonds is 2. The van der Waals surface area contributed by atoms with Crippen LogP contribution in [0.2, 0.25) is 0 Å². The summed E-state index contributed by atoms with van der Waals surface area (Å²) in [6.45, 7) is 4.81. The minimum absolute atomic E-state index is 0.0663. The van der Waals surface area contributed by atoms with Gasteiger partial charge in [-0.2, -0.15) is 0 Å². The Bertz CT molecular complexity index is 170. The van der Waals surface area contributed by atoms with E-state index >= 15 is 0 Å². The fourth-order valence-corrected chi connectivity index (χ4v) is 1.03. The second-order valence-electron chi connectivity index (χ2n) is 3.28. The van der Waals surface area contributed by atoms with E-state index in [-0.39, 0.29) is 5.97 Å². The molecule has 11 heavy (non-hydrogen) atoms. The molecule has 0 aromatic heterocycles. The van der Waals surface area contributed by atoms with Gasteiger partial charge in [0.25, 0.3) is 0 Å². The van der Waals surface area contributed by atoms with Gasteiger partial charge in [-0.05, 0) is 5.92 Å². The Morgan fingerprint density at radius 1 is 1.64 bits per heavy atom. The normalized spacial score (nSPS) is 25.0. The number of carbonyl (C=O) groups is 1. The molecule has 0 radical (unpaired) electrons. The molecule has 1 aliphatic rings. The Hall–Kier alpha value is -0.790. The van der Waals surface area contributed by atoms with Gasteiger partial charge < -0.3 is 4.74 Å². The fourth-order valence-electron chi connectivity index (χ4n) is 1.03. The fraction of sp³-hybridized carbons (Fsp3) is 0.667. The molecule has 1 fully saturated rings. The molecule has 1 saturated heterocycles. The first-order valence-corrected chi connectivity index (χ1v) is 4.02. The summed E-state index contributed by atoms with van der Waals surface area (Å²) in [6.07, 6.45) is 4.76. The molecule has 0 saturated carbocycles. The van der Waals surface area contributed by atoms with E-state index in [2.05, 4.69) is 26.0 Å². The molecule has 2 nitrogen and oxygen atoms in total. The summed E-state index contributed by atoms with van der Waals surface area (Å²) in [5.74, 6) is 0.819. The minimum atomic E-state index is -0.0663. The van der Waals surface area contributed by atoms with Crippen molar-refractivity contribution in [3.8, 4) is 0 Å². The lowest BCUT2D eigenvalue weighted by molar-refractivity contribution is -0.137. The zero-order valence-electron chi connectivity index (χ0n) is 7.04. The molecule has 0 aromatic rings. The molecule has 1 rings (SSSR count). The number of hydrogen-bond donors (Lipinski definition) is 0. The maximum absolute atomic E-state index is 10.6. The molecule has 0 amide bonds. The highest BCUT2D eigenvalue weighted by Crippen LogP contribution is 2.15. The molecular formula is C9H14O2. The van der Waals surface area contributed by atoms with Crippen molar-refractivity contribution < 1.29 is 9.53 Å². The van der Waals surface area contributed by atoms with E-state index in [1.807, 2.05) is 0 Å². The third kappa shape index (κ3) is 2.74. The Labute approximate surface area is 67.2 Å². The van der Waals surface area contributed by atoms with Crippen LogP contribution in [0.5, 0.6) is 0 Å². The molecule has 0 spiro atoms. The van der Waals surface area contributed by atoms with Crippen LogP contribution in [0, 0.1) is 11.8 Å². The summed E-state index contributed by atoms with van der Waals surface area (Å²) >= 11 is 0. The monoisotopic (exact) mass is 154 g/mol. The maximum atomic E-state index is 10.6. The Morgan fingerprint density at radius 2 is 2.36 bits per heavy atom. The predicted octanol–water partition coefficient (Wildman–Crippen LogP) is 1.76. The van der Waals surface area contributed by atoms with Crippen LogP contribution in [-0.2, 0) is 9.53 Å². The van der Waals surface area contributed by atoms with Crippen LogP contribution in [0.1, 0.15) is 20.3 Å². The molecule has 2 heteroatoms. The summed E-state index contributed by atoms with van der Waals surface area (Å²) in [7, 11) is 0. The van der Waals surface area contributed by atoms with Crippen molar-refractivity contribution in [2.45, 2.75) is 20.3 Å². The van der Waals surface area contributed by atoms with Crippen LogP contribution < -0.4 is 0 Å². The third-order valence-electron chi connectivity index (χ3n) is 1.66. The van der Waals surface area contributed by atoms with Crippen LogP contribution in [-0.4, -0.2) is 12.6 Å². The molecular weight excluding hydrogens is 140 g/mol. The lowest BCUT2D eigenvalue weighted by Crippen LogP contribution is -1.94. The molecule has 62 valence electrons. The Kier molecular flexibility index (Phi) is 2.69. The van der Waals surface area contributed by atoms with Crippen molar-refractivity contribution in [2.24, 2.45) is 11.8 Å². The molecule has 1 unspecified atom stereocenters. The van der Waals surface area contributed by atoms with Crippen LogP contribution >= 0.6 is 0 Å².